The molecule has 0 radical (unpaired) electrons. The normalized spacial score (nSPS) is 11.5. The zero-order chi connectivity index (χ0) is 20.2. The second-order valence-electron chi connectivity index (χ2n) is 6.42. The van der Waals surface area contributed by atoms with Crippen LogP contribution in [0.15, 0.2) is 47.4 Å². The van der Waals surface area contributed by atoms with E-state index in [1.54, 1.807) is 38.1 Å². The fraction of sp³-hybridized carbons (Fsp3) is 0.263. The van der Waals surface area contributed by atoms with Gasteiger partial charge in [-0.1, -0.05) is 24.3 Å². The van der Waals surface area contributed by atoms with E-state index in [1.165, 1.54) is 12.1 Å². The molecule has 0 aliphatic carbocycles. The number of nitrogens with one attached hydrogen (secondary N) is 1. The van der Waals surface area contributed by atoms with Crippen molar-refractivity contribution < 1.29 is 28.2 Å². The van der Waals surface area contributed by atoms with Crippen molar-refractivity contribution in [3.8, 4) is 11.1 Å². The summed E-state index contributed by atoms with van der Waals surface area (Å²) in [6, 6.07) is 10.5. The molecular formula is C19H21NO6S. The van der Waals surface area contributed by atoms with Gasteiger partial charge in [0.1, 0.15) is 0 Å². The van der Waals surface area contributed by atoms with Crippen molar-refractivity contribution in [3.63, 3.8) is 0 Å². The van der Waals surface area contributed by atoms with Crippen LogP contribution in [0.1, 0.15) is 36.2 Å². The molecule has 0 aromatic heterocycles. The molecule has 2 rings (SSSR count). The van der Waals surface area contributed by atoms with E-state index in [0.29, 0.717) is 17.5 Å². The summed E-state index contributed by atoms with van der Waals surface area (Å²) in [5.41, 5.74) is 1.78. The van der Waals surface area contributed by atoms with E-state index in [0.717, 1.165) is 11.6 Å². The first-order chi connectivity index (χ1) is 12.6. The van der Waals surface area contributed by atoms with Crippen LogP contribution >= 0.6 is 0 Å². The highest BCUT2D eigenvalue weighted by Crippen LogP contribution is 2.26. The third kappa shape index (κ3) is 5.63. The third-order valence-electron chi connectivity index (χ3n) is 3.77. The Bertz CT molecular complexity index is 949. The molecule has 0 aliphatic heterocycles. The average Bonchev–Trinajstić information content (AvgIpc) is 2.59. The van der Waals surface area contributed by atoms with Crippen LogP contribution in [0.4, 0.5) is 0 Å². The molecule has 8 heteroatoms. The van der Waals surface area contributed by atoms with Gasteiger partial charge in [-0.25, -0.2) is 17.9 Å². The minimum atomic E-state index is -3.85. The predicted molar refractivity (Wildman–Crippen MR) is 100 cm³/mol. The van der Waals surface area contributed by atoms with Gasteiger partial charge >= 0.3 is 11.9 Å². The number of aryl methyl sites for hydroxylation is 1. The van der Waals surface area contributed by atoms with Gasteiger partial charge in [-0.2, -0.15) is 0 Å². The first-order valence-corrected chi connectivity index (χ1v) is 9.78. The summed E-state index contributed by atoms with van der Waals surface area (Å²) in [5.74, 6) is -2.11. The minimum absolute atomic E-state index is 0.0110. The number of aromatic carboxylic acids is 1. The maximum atomic E-state index is 12.4. The fourth-order valence-corrected chi connectivity index (χ4v) is 3.86. The SMILES string of the molecule is CC(C)NS(=O)(=O)c1cc(C(=O)O)cc(-c2ccc(CCC(=O)O)cc2)c1. The van der Waals surface area contributed by atoms with Crippen molar-refractivity contribution >= 4 is 22.0 Å². The van der Waals surface area contributed by atoms with Crippen molar-refractivity contribution in [2.45, 2.75) is 37.6 Å². The number of rotatable bonds is 8. The largest absolute Gasteiger partial charge is 0.481 e. The third-order valence-corrected chi connectivity index (χ3v) is 5.41. The van der Waals surface area contributed by atoms with E-state index in [9.17, 15) is 23.1 Å². The monoisotopic (exact) mass is 391 g/mol. The van der Waals surface area contributed by atoms with Crippen LogP contribution in [0.2, 0.25) is 0 Å². The number of sulfonamides is 1. The van der Waals surface area contributed by atoms with E-state index >= 15 is 0 Å². The molecule has 2 aromatic carbocycles. The summed E-state index contributed by atoms with van der Waals surface area (Å²) in [7, 11) is -3.85. The van der Waals surface area contributed by atoms with Crippen LogP contribution in [0, 0.1) is 0 Å². The Kier molecular flexibility index (Phi) is 6.35. The van der Waals surface area contributed by atoms with Gasteiger partial charge in [0, 0.05) is 12.5 Å². The molecule has 2 aromatic rings. The highest BCUT2D eigenvalue weighted by atomic mass is 32.2. The summed E-state index contributed by atoms with van der Waals surface area (Å²) < 4.78 is 27.3. The lowest BCUT2D eigenvalue weighted by Gasteiger charge is -2.12. The number of benzene rings is 2. The van der Waals surface area contributed by atoms with Crippen molar-refractivity contribution in [1.29, 1.82) is 0 Å². The molecule has 0 heterocycles. The molecule has 0 bridgehead atoms. The molecule has 0 aliphatic rings. The zero-order valence-electron chi connectivity index (χ0n) is 15.0. The maximum absolute atomic E-state index is 12.4. The lowest BCUT2D eigenvalue weighted by atomic mass is 10.0. The lowest BCUT2D eigenvalue weighted by Crippen LogP contribution is -2.30. The summed E-state index contributed by atoms with van der Waals surface area (Å²) in [6.07, 6.45) is 0.389. The van der Waals surface area contributed by atoms with Crippen molar-refractivity contribution in [3.05, 3.63) is 53.6 Å². The Labute approximate surface area is 157 Å². The van der Waals surface area contributed by atoms with Gasteiger partial charge in [0.2, 0.25) is 10.0 Å². The Morgan fingerprint density at radius 3 is 2.15 bits per heavy atom. The van der Waals surface area contributed by atoms with Crippen molar-refractivity contribution in [1.82, 2.24) is 4.72 Å². The molecule has 144 valence electrons. The molecule has 0 spiro atoms. The standard InChI is InChI=1S/C19H21NO6S/c1-12(2)20-27(25,26)17-10-15(9-16(11-17)19(23)24)14-6-3-13(4-7-14)5-8-18(21)22/h3-4,6-7,9-12,20H,5,8H2,1-2H3,(H,21,22)(H,23,24). The van der Waals surface area contributed by atoms with Gasteiger partial charge in [0.15, 0.2) is 0 Å². The van der Waals surface area contributed by atoms with Crippen LogP contribution in [0.25, 0.3) is 11.1 Å². The minimum Gasteiger partial charge on any atom is -0.481 e. The van der Waals surface area contributed by atoms with Crippen LogP contribution in [-0.2, 0) is 21.2 Å². The average molecular weight is 391 g/mol. The molecule has 0 amide bonds. The van der Waals surface area contributed by atoms with Crippen molar-refractivity contribution in [2.24, 2.45) is 0 Å². The number of aliphatic carboxylic acids is 1. The molecule has 0 saturated heterocycles. The van der Waals surface area contributed by atoms with Crippen molar-refractivity contribution in [2.75, 3.05) is 0 Å². The van der Waals surface area contributed by atoms with Gasteiger partial charge in [-0.3, -0.25) is 4.79 Å². The molecule has 0 unspecified atom stereocenters. The Morgan fingerprint density at radius 1 is 1.00 bits per heavy atom. The second-order valence-corrected chi connectivity index (χ2v) is 8.13. The van der Waals surface area contributed by atoms with Crippen LogP contribution in [0.3, 0.4) is 0 Å². The Hall–Kier alpha value is -2.71. The summed E-state index contributed by atoms with van der Waals surface area (Å²) in [6.45, 7) is 3.35. The van der Waals surface area contributed by atoms with E-state index in [4.69, 9.17) is 5.11 Å². The molecule has 27 heavy (non-hydrogen) atoms. The van der Waals surface area contributed by atoms with Gasteiger partial charge < -0.3 is 10.2 Å². The number of carbonyl (C=O) groups is 2. The predicted octanol–water partition coefficient (Wildman–Crippen LogP) is 2.76. The number of carboxylic acids is 2. The van der Waals surface area contributed by atoms with Crippen LogP contribution < -0.4 is 4.72 Å². The summed E-state index contributed by atoms with van der Waals surface area (Å²) >= 11 is 0. The van der Waals surface area contributed by atoms with E-state index in [1.807, 2.05) is 0 Å². The molecule has 0 saturated carbocycles. The Morgan fingerprint density at radius 2 is 1.63 bits per heavy atom. The zero-order valence-corrected chi connectivity index (χ0v) is 15.8. The van der Waals surface area contributed by atoms with Gasteiger partial charge in [-0.15, -0.1) is 0 Å². The quantitative estimate of drug-likeness (QED) is 0.636. The highest BCUT2D eigenvalue weighted by Gasteiger charge is 2.19. The topological polar surface area (TPSA) is 121 Å². The molecule has 0 atom stereocenters. The number of hydrogen-bond acceptors (Lipinski definition) is 4. The fourth-order valence-electron chi connectivity index (χ4n) is 2.54. The van der Waals surface area contributed by atoms with Gasteiger partial charge in [0.05, 0.1) is 10.5 Å². The van der Waals surface area contributed by atoms with E-state index in [-0.39, 0.29) is 22.9 Å². The summed E-state index contributed by atoms with van der Waals surface area (Å²) in [4.78, 5) is 21.9. The first kappa shape index (κ1) is 20.6. The summed E-state index contributed by atoms with van der Waals surface area (Å²) in [5, 5.41) is 18.1. The van der Waals surface area contributed by atoms with E-state index in [2.05, 4.69) is 4.72 Å². The van der Waals surface area contributed by atoms with E-state index < -0.39 is 22.0 Å². The Balaban J connectivity index is 2.44. The molecule has 0 fully saturated rings. The van der Waals surface area contributed by atoms with Crippen LogP contribution in [0.5, 0.6) is 0 Å². The maximum Gasteiger partial charge on any atom is 0.335 e. The van der Waals surface area contributed by atoms with Gasteiger partial charge in [-0.05, 0) is 55.2 Å². The highest BCUT2D eigenvalue weighted by molar-refractivity contribution is 7.89. The van der Waals surface area contributed by atoms with Crippen LogP contribution in [-0.4, -0.2) is 36.6 Å². The second kappa shape index (κ2) is 8.32. The first-order valence-electron chi connectivity index (χ1n) is 8.30. The molecule has 7 nitrogen and oxygen atoms in total. The number of carboxylic acid groups (broad SMARTS) is 2. The number of hydrogen-bond donors (Lipinski definition) is 3. The smallest absolute Gasteiger partial charge is 0.335 e. The lowest BCUT2D eigenvalue weighted by molar-refractivity contribution is -0.136. The molecular weight excluding hydrogens is 370 g/mol. The van der Waals surface area contributed by atoms with Gasteiger partial charge in [0.25, 0.3) is 0 Å². The molecule has 3 N–H and O–H groups in total.